The van der Waals surface area contributed by atoms with Crippen LogP contribution in [-0.2, 0) is 24.4 Å². The summed E-state index contributed by atoms with van der Waals surface area (Å²) in [4.78, 5) is 36.7. The molecule has 1 aliphatic heterocycles. The number of β-lactam (4-membered cyclic amide) rings is 1. The van der Waals surface area contributed by atoms with Gasteiger partial charge in [0.2, 0.25) is 0 Å². The second-order valence-electron chi connectivity index (χ2n) is 5.08. The zero-order valence-corrected chi connectivity index (χ0v) is 15.2. The standard InChI is InChI=1S/C16H18ClNO4Se/c1-2-22-16(21)12(8-13(17)19)18-14(20)9-15(18)23-10-11-6-4-3-5-7-11/h3-7,12,15H,2,8-10H2,1H3. The van der Waals surface area contributed by atoms with Crippen molar-refractivity contribution in [2.24, 2.45) is 0 Å². The van der Waals surface area contributed by atoms with Crippen LogP contribution in [0.15, 0.2) is 30.3 Å². The van der Waals surface area contributed by atoms with Gasteiger partial charge in [0.25, 0.3) is 0 Å². The predicted molar refractivity (Wildman–Crippen MR) is 87.0 cm³/mol. The summed E-state index contributed by atoms with van der Waals surface area (Å²) in [6, 6.07) is 9.09. The molecular weight excluding hydrogens is 385 g/mol. The Morgan fingerprint density at radius 2 is 2.09 bits per heavy atom. The van der Waals surface area contributed by atoms with Gasteiger partial charge in [0.15, 0.2) is 0 Å². The summed E-state index contributed by atoms with van der Waals surface area (Å²) in [5.74, 6) is -0.684. The number of likely N-dealkylation sites (tertiary alicyclic amines) is 1. The van der Waals surface area contributed by atoms with E-state index in [0.717, 1.165) is 5.32 Å². The molecule has 0 spiro atoms. The van der Waals surface area contributed by atoms with Gasteiger partial charge in [-0.25, -0.2) is 0 Å². The summed E-state index contributed by atoms with van der Waals surface area (Å²) in [5.41, 5.74) is 1.20. The van der Waals surface area contributed by atoms with Gasteiger partial charge in [-0.05, 0) is 0 Å². The van der Waals surface area contributed by atoms with Crippen molar-refractivity contribution < 1.29 is 19.1 Å². The molecule has 1 heterocycles. The molecule has 0 aliphatic carbocycles. The molecule has 1 aromatic rings. The molecule has 1 aromatic carbocycles. The fourth-order valence-electron chi connectivity index (χ4n) is 2.37. The van der Waals surface area contributed by atoms with Crippen LogP contribution in [0.1, 0.15) is 25.3 Å². The molecule has 0 aromatic heterocycles. The third-order valence-electron chi connectivity index (χ3n) is 3.48. The van der Waals surface area contributed by atoms with E-state index in [9.17, 15) is 14.4 Å². The van der Waals surface area contributed by atoms with Crippen LogP contribution in [0.3, 0.4) is 0 Å². The normalized spacial score (nSPS) is 18.3. The topological polar surface area (TPSA) is 63.7 Å². The Morgan fingerprint density at radius 3 is 2.65 bits per heavy atom. The number of carbonyl (C=O) groups excluding carboxylic acids is 3. The fourth-order valence-corrected chi connectivity index (χ4v) is 5.16. The van der Waals surface area contributed by atoms with E-state index in [-0.39, 0.29) is 38.8 Å². The molecule has 0 saturated carbocycles. The van der Waals surface area contributed by atoms with Crippen LogP contribution in [0.5, 0.6) is 0 Å². The third-order valence-corrected chi connectivity index (χ3v) is 6.32. The van der Waals surface area contributed by atoms with Crippen LogP contribution >= 0.6 is 11.6 Å². The molecule has 1 saturated heterocycles. The summed E-state index contributed by atoms with van der Waals surface area (Å²) < 4.78 is 4.98. The minimum atomic E-state index is -0.899. The first-order valence-electron chi connectivity index (χ1n) is 7.34. The molecule has 23 heavy (non-hydrogen) atoms. The SMILES string of the molecule is CCOC(=O)C(CC(=O)Cl)N1C(=O)CC1[Se]Cc1ccccc1. The van der Waals surface area contributed by atoms with E-state index >= 15 is 0 Å². The number of hydrogen-bond donors (Lipinski definition) is 0. The number of rotatable bonds is 8. The molecule has 5 nitrogen and oxygen atoms in total. The van der Waals surface area contributed by atoms with Crippen molar-refractivity contribution >= 4 is 43.7 Å². The first-order chi connectivity index (χ1) is 11.0. The van der Waals surface area contributed by atoms with E-state index in [0.29, 0.717) is 6.42 Å². The van der Waals surface area contributed by atoms with Crippen LogP contribution in [0, 0.1) is 0 Å². The summed E-state index contributed by atoms with van der Waals surface area (Å²) in [6.45, 7) is 1.89. The monoisotopic (exact) mass is 403 g/mol. The van der Waals surface area contributed by atoms with Crippen LogP contribution in [0.25, 0.3) is 0 Å². The van der Waals surface area contributed by atoms with E-state index in [1.54, 1.807) is 6.92 Å². The van der Waals surface area contributed by atoms with Gasteiger partial charge in [-0.3, -0.25) is 0 Å². The van der Waals surface area contributed by atoms with Gasteiger partial charge in [-0.1, -0.05) is 0 Å². The first kappa shape index (κ1) is 18.0. The van der Waals surface area contributed by atoms with Crippen molar-refractivity contribution in [1.29, 1.82) is 0 Å². The molecule has 2 atom stereocenters. The van der Waals surface area contributed by atoms with Crippen molar-refractivity contribution in [1.82, 2.24) is 4.90 Å². The van der Waals surface area contributed by atoms with Gasteiger partial charge >= 0.3 is 146 Å². The van der Waals surface area contributed by atoms with Crippen molar-refractivity contribution in [2.75, 3.05) is 6.61 Å². The zero-order valence-electron chi connectivity index (χ0n) is 12.7. The van der Waals surface area contributed by atoms with Gasteiger partial charge in [-0.15, -0.1) is 0 Å². The molecule has 2 unspecified atom stereocenters. The average Bonchev–Trinajstić information content (AvgIpc) is 2.51. The zero-order chi connectivity index (χ0) is 16.8. The van der Waals surface area contributed by atoms with Gasteiger partial charge < -0.3 is 0 Å². The average molecular weight is 403 g/mol. The van der Waals surface area contributed by atoms with Crippen molar-refractivity contribution in [3.63, 3.8) is 0 Å². The number of ether oxygens (including phenoxy) is 1. The van der Waals surface area contributed by atoms with Crippen molar-refractivity contribution in [3.05, 3.63) is 35.9 Å². The summed E-state index contributed by atoms with van der Waals surface area (Å²) in [5, 5.41) is 0.226. The number of esters is 1. The molecule has 124 valence electrons. The summed E-state index contributed by atoms with van der Waals surface area (Å²) >= 11 is 5.55. The molecular formula is C16H18ClNO4Se. The second kappa shape index (κ2) is 8.48. The van der Waals surface area contributed by atoms with E-state index in [2.05, 4.69) is 0 Å². The Morgan fingerprint density at radius 1 is 1.39 bits per heavy atom. The number of benzene rings is 1. The predicted octanol–water partition coefficient (Wildman–Crippen LogP) is 1.54. The molecule has 2 rings (SSSR count). The van der Waals surface area contributed by atoms with Gasteiger partial charge in [-0.2, -0.15) is 0 Å². The van der Waals surface area contributed by atoms with Crippen LogP contribution < -0.4 is 0 Å². The summed E-state index contributed by atoms with van der Waals surface area (Å²) in [6.07, 6.45) is 0.212. The Hall–Kier alpha value is -1.36. The molecule has 0 radical (unpaired) electrons. The minimum absolute atomic E-state index is 0.000582. The molecule has 1 amide bonds. The quantitative estimate of drug-likeness (QED) is 0.286. The summed E-state index contributed by atoms with van der Waals surface area (Å²) in [7, 11) is 0. The molecule has 0 N–H and O–H groups in total. The van der Waals surface area contributed by atoms with E-state index in [4.69, 9.17) is 16.3 Å². The van der Waals surface area contributed by atoms with E-state index < -0.39 is 17.3 Å². The molecule has 1 fully saturated rings. The van der Waals surface area contributed by atoms with E-state index in [1.807, 2.05) is 30.3 Å². The second-order valence-corrected chi connectivity index (χ2v) is 7.95. The Labute approximate surface area is 146 Å². The van der Waals surface area contributed by atoms with Crippen LogP contribution in [0.4, 0.5) is 0 Å². The number of nitrogens with zero attached hydrogens (tertiary/aromatic N) is 1. The maximum absolute atomic E-state index is 12.1. The third kappa shape index (κ3) is 4.80. The van der Waals surface area contributed by atoms with Crippen LogP contribution in [0.2, 0.25) is 0 Å². The Kier molecular flexibility index (Phi) is 6.63. The molecule has 7 heteroatoms. The van der Waals surface area contributed by atoms with Gasteiger partial charge in [0.1, 0.15) is 0 Å². The van der Waals surface area contributed by atoms with Gasteiger partial charge in [0, 0.05) is 0 Å². The number of hydrogen-bond acceptors (Lipinski definition) is 4. The number of carbonyl (C=O) groups is 3. The maximum atomic E-state index is 12.1. The Balaban J connectivity index is 2.02. The van der Waals surface area contributed by atoms with Crippen LogP contribution in [-0.4, -0.2) is 54.6 Å². The molecule has 0 bridgehead atoms. The number of halogens is 1. The van der Waals surface area contributed by atoms with Crippen molar-refractivity contribution in [2.45, 2.75) is 36.1 Å². The van der Waals surface area contributed by atoms with E-state index in [1.165, 1.54) is 10.5 Å². The molecule has 1 aliphatic rings. The number of amides is 1. The van der Waals surface area contributed by atoms with Gasteiger partial charge in [0.05, 0.1) is 0 Å². The van der Waals surface area contributed by atoms with Crippen molar-refractivity contribution in [3.8, 4) is 0 Å². The Bertz CT molecular complexity index is 581. The first-order valence-corrected chi connectivity index (χ1v) is 9.92. The fraction of sp³-hybridized carbons (Fsp3) is 0.438.